The molecule has 0 bridgehead atoms. The molecule has 3 N–H and O–H groups in total. The van der Waals surface area contributed by atoms with Gasteiger partial charge in [0.05, 0.1) is 0 Å². The van der Waals surface area contributed by atoms with Crippen LogP contribution in [0.1, 0.15) is 15.9 Å². The highest BCUT2D eigenvalue weighted by Gasteiger charge is 2.11. The SMILES string of the molecule is Cc1c(F)cccc1C(=O)Nc1ccc(N)cc1. The molecule has 0 aliphatic rings. The molecule has 0 spiro atoms. The van der Waals surface area contributed by atoms with Gasteiger partial charge in [-0.2, -0.15) is 0 Å². The van der Waals surface area contributed by atoms with Gasteiger partial charge in [-0.05, 0) is 48.9 Å². The zero-order valence-electron chi connectivity index (χ0n) is 9.91. The maximum atomic E-state index is 13.3. The first-order valence-corrected chi connectivity index (χ1v) is 5.50. The average Bonchev–Trinajstić information content (AvgIpc) is 2.35. The monoisotopic (exact) mass is 244 g/mol. The van der Waals surface area contributed by atoms with Gasteiger partial charge >= 0.3 is 0 Å². The summed E-state index contributed by atoms with van der Waals surface area (Å²) in [7, 11) is 0. The van der Waals surface area contributed by atoms with E-state index in [0.717, 1.165) is 0 Å². The Morgan fingerprint density at radius 2 is 1.83 bits per heavy atom. The topological polar surface area (TPSA) is 55.1 Å². The number of carbonyl (C=O) groups excluding carboxylic acids is 1. The summed E-state index contributed by atoms with van der Waals surface area (Å²) in [6.07, 6.45) is 0. The molecule has 0 unspecified atom stereocenters. The highest BCUT2D eigenvalue weighted by atomic mass is 19.1. The van der Waals surface area contributed by atoms with Gasteiger partial charge < -0.3 is 11.1 Å². The minimum Gasteiger partial charge on any atom is -0.399 e. The Balaban J connectivity index is 2.22. The number of anilines is 2. The third kappa shape index (κ3) is 2.48. The number of hydrogen-bond donors (Lipinski definition) is 2. The van der Waals surface area contributed by atoms with Crippen LogP contribution < -0.4 is 11.1 Å². The summed E-state index contributed by atoms with van der Waals surface area (Å²) in [5, 5.41) is 2.69. The Morgan fingerprint density at radius 3 is 2.50 bits per heavy atom. The van der Waals surface area contributed by atoms with Crippen molar-refractivity contribution in [2.24, 2.45) is 0 Å². The van der Waals surface area contributed by atoms with E-state index in [1.807, 2.05) is 0 Å². The molecule has 1 amide bonds. The van der Waals surface area contributed by atoms with E-state index in [-0.39, 0.29) is 11.7 Å². The lowest BCUT2D eigenvalue weighted by Gasteiger charge is -2.08. The first kappa shape index (κ1) is 12.1. The highest BCUT2D eigenvalue weighted by molar-refractivity contribution is 6.05. The smallest absolute Gasteiger partial charge is 0.256 e. The molecule has 0 aromatic heterocycles. The van der Waals surface area contributed by atoms with Crippen molar-refractivity contribution in [1.82, 2.24) is 0 Å². The zero-order valence-corrected chi connectivity index (χ0v) is 9.91. The van der Waals surface area contributed by atoms with Gasteiger partial charge in [-0.25, -0.2) is 4.39 Å². The third-order valence-corrected chi connectivity index (χ3v) is 2.68. The van der Waals surface area contributed by atoms with E-state index in [9.17, 15) is 9.18 Å². The minimum atomic E-state index is -0.389. The van der Waals surface area contributed by atoms with Crippen molar-refractivity contribution in [3.8, 4) is 0 Å². The summed E-state index contributed by atoms with van der Waals surface area (Å²) >= 11 is 0. The maximum Gasteiger partial charge on any atom is 0.256 e. The number of nitrogens with one attached hydrogen (secondary N) is 1. The predicted molar refractivity (Wildman–Crippen MR) is 69.9 cm³/mol. The number of benzene rings is 2. The van der Waals surface area contributed by atoms with E-state index in [2.05, 4.69) is 5.32 Å². The van der Waals surface area contributed by atoms with Crippen LogP contribution in [0.15, 0.2) is 42.5 Å². The molecule has 2 aromatic rings. The molecular formula is C14H13FN2O. The molecule has 0 heterocycles. The Hall–Kier alpha value is -2.36. The van der Waals surface area contributed by atoms with Crippen molar-refractivity contribution in [1.29, 1.82) is 0 Å². The molecule has 92 valence electrons. The number of amides is 1. The Bertz CT molecular complexity index is 579. The van der Waals surface area contributed by atoms with E-state index in [4.69, 9.17) is 5.73 Å². The lowest BCUT2D eigenvalue weighted by Crippen LogP contribution is -2.14. The van der Waals surface area contributed by atoms with Crippen LogP contribution in [0.4, 0.5) is 15.8 Å². The second-order valence-corrected chi connectivity index (χ2v) is 3.99. The van der Waals surface area contributed by atoms with Gasteiger partial charge in [0.25, 0.3) is 5.91 Å². The average molecular weight is 244 g/mol. The lowest BCUT2D eigenvalue weighted by atomic mass is 10.1. The first-order chi connectivity index (χ1) is 8.58. The van der Waals surface area contributed by atoms with Crippen LogP contribution in [0.5, 0.6) is 0 Å². The van der Waals surface area contributed by atoms with Crippen LogP contribution in [0.25, 0.3) is 0 Å². The standard InChI is InChI=1S/C14H13FN2O/c1-9-12(3-2-4-13(9)15)14(18)17-11-7-5-10(16)6-8-11/h2-8H,16H2,1H3,(H,17,18). The van der Waals surface area contributed by atoms with Crippen LogP contribution in [-0.2, 0) is 0 Å². The van der Waals surface area contributed by atoms with Crippen molar-refractivity contribution in [3.05, 3.63) is 59.4 Å². The van der Waals surface area contributed by atoms with E-state index >= 15 is 0 Å². The molecule has 0 saturated heterocycles. The molecule has 0 aliphatic carbocycles. The van der Waals surface area contributed by atoms with Gasteiger partial charge in [0.1, 0.15) is 5.82 Å². The number of nitrogens with two attached hydrogens (primary N) is 1. The normalized spacial score (nSPS) is 10.1. The largest absolute Gasteiger partial charge is 0.399 e. The van der Waals surface area contributed by atoms with Crippen LogP contribution in [0, 0.1) is 12.7 Å². The molecule has 2 rings (SSSR count). The van der Waals surface area contributed by atoms with E-state index in [1.165, 1.54) is 12.1 Å². The number of hydrogen-bond acceptors (Lipinski definition) is 2. The van der Waals surface area contributed by atoms with Gasteiger partial charge in [-0.15, -0.1) is 0 Å². The van der Waals surface area contributed by atoms with E-state index < -0.39 is 0 Å². The number of nitrogen functional groups attached to an aromatic ring is 1. The highest BCUT2D eigenvalue weighted by Crippen LogP contribution is 2.16. The summed E-state index contributed by atoms with van der Waals surface area (Å²) in [6, 6.07) is 11.2. The molecular weight excluding hydrogens is 231 g/mol. The maximum absolute atomic E-state index is 13.3. The van der Waals surface area contributed by atoms with Crippen LogP contribution >= 0.6 is 0 Å². The van der Waals surface area contributed by atoms with Crippen LogP contribution in [-0.4, -0.2) is 5.91 Å². The molecule has 2 aromatic carbocycles. The van der Waals surface area contributed by atoms with Gasteiger partial charge in [0.2, 0.25) is 0 Å². The number of rotatable bonds is 2. The Morgan fingerprint density at radius 1 is 1.17 bits per heavy atom. The minimum absolute atomic E-state index is 0.326. The van der Waals surface area contributed by atoms with Crippen molar-refractivity contribution in [2.45, 2.75) is 6.92 Å². The molecule has 0 atom stereocenters. The fourth-order valence-electron chi connectivity index (χ4n) is 1.62. The molecule has 18 heavy (non-hydrogen) atoms. The van der Waals surface area contributed by atoms with Crippen molar-refractivity contribution >= 4 is 17.3 Å². The number of carbonyl (C=O) groups is 1. The molecule has 3 nitrogen and oxygen atoms in total. The molecule has 0 aliphatic heterocycles. The van der Waals surface area contributed by atoms with Gasteiger partial charge in [-0.1, -0.05) is 6.07 Å². The zero-order chi connectivity index (χ0) is 13.1. The summed E-state index contributed by atoms with van der Waals surface area (Å²) < 4.78 is 13.3. The summed E-state index contributed by atoms with van der Waals surface area (Å²) in [5.74, 6) is -0.725. The van der Waals surface area contributed by atoms with Crippen LogP contribution in [0.3, 0.4) is 0 Å². The Kier molecular flexibility index (Phi) is 3.28. The fourth-order valence-corrected chi connectivity index (χ4v) is 1.62. The van der Waals surface area contributed by atoms with Gasteiger partial charge in [0, 0.05) is 16.9 Å². The summed E-state index contributed by atoms with van der Waals surface area (Å²) in [5.41, 5.74) is 7.46. The predicted octanol–water partition coefficient (Wildman–Crippen LogP) is 2.97. The summed E-state index contributed by atoms with van der Waals surface area (Å²) in [4.78, 5) is 12.0. The summed E-state index contributed by atoms with van der Waals surface area (Å²) in [6.45, 7) is 1.58. The lowest BCUT2D eigenvalue weighted by molar-refractivity contribution is 0.102. The molecule has 0 fully saturated rings. The van der Waals surface area contributed by atoms with Gasteiger partial charge in [0.15, 0.2) is 0 Å². The second-order valence-electron chi connectivity index (χ2n) is 3.99. The van der Waals surface area contributed by atoms with Gasteiger partial charge in [-0.3, -0.25) is 4.79 Å². The van der Waals surface area contributed by atoms with E-state index in [0.29, 0.717) is 22.5 Å². The second kappa shape index (κ2) is 4.87. The third-order valence-electron chi connectivity index (χ3n) is 2.68. The Labute approximate surface area is 104 Å². The van der Waals surface area contributed by atoms with Crippen molar-refractivity contribution in [3.63, 3.8) is 0 Å². The molecule has 0 saturated carbocycles. The number of halogens is 1. The van der Waals surface area contributed by atoms with Crippen molar-refractivity contribution in [2.75, 3.05) is 11.1 Å². The molecule has 4 heteroatoms. The quantitative estimate of drug-likeness (QED) is 0.798. The van der Waals surface area contributed by atoms with E-state index in [1.54, 1.807) is 37.3 Å². The van der Waals surface area contributed by atoms with Crippen LogP contribution in [0.2, 0.25) is 0 Å². The van der Waals surface area contributed by atoms with Crippen molar-refractivity contribution < 1.29 is 9.18 Å². The fraction of sp³-hybridized carbons (Fsp3) is 0.0714. The molecule has 0 radical (unpaired) electrons. The first-order valence-electron chi connectivity index (χ1n) is 5.50.